The molecule has 0 aliphatic carbocycles. The van der Waals surface area contributed by atoms with Crippen molar-refractivity contribution < 1.29 is 0 Å². The first-order valence-corrected chi connectivity index (χ1v) is 6.26. The molecule has 1 aromatic heterocycles. The summed E-state index contributed by atoms with van der Waals surface area (Å²) >= 11 is 0. The molecule has 0 aliphatic heterocycles. The first-order valence-electron chi connectivity index (χ1n) is 6.26. The first kappa shape index (κ1) is 11.7. The van der Waals surface area contributed by atoms with Gasteiger partial charge >= 0.3 is 0 Å². The summed E-state index contributed by atoms with van der Waals surface area (Å²) in [5.41, 5.74) is 1.97. The minimum atomic E-state index is -0.155. The average molecular weight is 250 g/mol. The summed E-state index contributed by atoms with van der Waals surface area (Å²) in [6, 6.07) is 17.8. The van der Waals surface area contributed by atoms with E-state index in [2.05, 4.69) is 21.7 Å². The zero-order valence-electron chi connectivity index (χ0n) is 10.7. The third kappa shape index (κ3) is 2.15. The van der Waals surface area contributed by atoms with E-state index in [9.17, 15) is 4.79 Å². The number of nitrogens with zero attached hydrogens (tertiary/aromatic N) is 2. The van der Waals surface area contributed by atoms with Crippen molar-refractivity contribution >= 4 is 10.9 Å². The molecule has 2 aromatic carbocycles. The Morgan fingerprint density at radius 1 is 1.00 bits per heavy atom. The zero-order valence-corrected chi connectivity index (χ0v) is 10.7. The first-order chi connectivity index (χ1) is 9.25. The summed E-state index contributed by atoms with van der Waals surface area (Å²) in [7, 11) is 0. The van der Waals surface area contributed by atoms with E-state index in [4.69, 9.17) is 0 Å². The van der Waals surface area contributed by atoms with Gasteiger partial charge in [0.25, 0.3) is 5.56 Å². The Morgan fingerprint density at radius 3 is 2.47 bits per heavy atom. The van der Waals surface area contributed by atoms with Gasteiger partial charge in [-0.3, -0.25) is 4.79 Å². The average Bonchev–Trinajstić information content (AvgIpc) is 2.45. The number of hydrogen-bond acceptors (Lipinski definition) is 2. The van der Waals surface area contributed by atoms with Crippen LogP contribution in [0.25, 0.3) is 10.9 Å². The molecule has 0 radical (unpaired) electrons. The Morgan fingerprint density at radius 2 is 1.68 bits per heavy atom. The molecule has 0 unspecified atom stereocenters. The van der Waals surface area contributed by atoms with Crippen LogP contribution in [-0.4, -0.2) is 9.55 Å². The SMILES string of the molecule is Cc1nc(=O)c2ccccc2n1Cc1ccccc1. The van der Waals surface area contributed by atoms with Gasteiger partial charge in [-0.15, -0.1) is 0 Å². The third-order valence-electron chi connectivity index (χ3n) is 3.26. The Hall–Kier alpha value is -2.42. The predicted octanol–water partition coefficient (Wildman–Crippen LogP) is 2.75. The maximum atomic E-state index is 11.9. The second kappa shape index (κ2) is 4.69. The van der Waals surface area contributed by atoms with Gasteiger partial charge in [-0.2, -0.15) is 4.98 Å². The van der Waals surface area contributed by atoms with Crippen LogP contribution in [0.3, 0.4) is 0 Å². The van der Waals surface area contributed by atoms with Gasteiger partial charge in [-0.05, 0) is 24.6 Å². The molecule has 0 N–H and O–H groups in total. The quantitative estimate of drug-likeness (QED) is 0.701. The zero-order chi connectivity index (χ0) is 13.2. The lowest BCUT2D eigenvalue weighted by molar-refractivity contribution is 0.756. The fourth-order valence-corrected chi connectivity index (χ4v) is 2.30. The van der Waals surface area contributed by atoms with Gasteiger partial charge in [0.15, 0.2) is 0 Å². The van der Waals surface area contributed by atoms with Crippen molar-refractivity contribution in [1.82, 2.24) is 9.55 Å². The largest absolute Gasteiger partial charge is 0.325 e. The molecule has 3 aromatic rings. The number of aromatic nitrogens is 2. The Balaban J connectivity index is 2.21. The monoisotopic (exact) mass is 250 g/mol. The molecule has 19 heavy (non-hydrogen) atoms. The maximum absolute atomic E-state index is 11.9. The van der Waals surface area contributed by atoms with Crippen LogP contribution in [0.2, 0.25) is 0 Å². The summed E-state index contributed by atoms with van der Waals surface area (Å²) in [6.07, 6.45) is 0. The highest BCUT2D eigenvalue weighted by molar-refractivity contribution is 5.78. The predicted molar refractivity (Wildman–Crippen MR) is 76.3 cm³/mol. The second-order valence-corrected chi connectivity index (χ2v) is 4.55. The van der Waals surface area contributed by atoms with Crippen molar-refractivity contribution in [1.29, 1.82) is 0 Å². The van der Waals surface area contributed by atoms with E-state index in [1.807, 2.05) is 49.4 Å². The fraction of sp³-hybridized carbons (Fsp3) is 0.125. The molecule has 0 spiro atoms. The van der Waals surface area contributed by atoms with Crippen LogP contribution in [0.4, 0.5) is 0 Å². The van der Waals surface area contributed by atoms with Crippen molar-refractivity contribution in [3.05, 3.63) is 76.3 Å². The molecular weight excluding hydrogens is 236 g/mol. The number of rotatable bonds is 2. The van der Waals surface area contributed by atoms with E-state index < -0.39 is 0 Å². The van der Waals surface area contributed by atoms with Crippen LogP contribution in [-0.2, 0) is 6.54 Å². The highest BCUT2D eigenvalue weighted by Crippen LogP contribution is 2.13. The van der Waals surface area contributed by atoms with Crippen molar-refractivity contribution in [2.75, 3.05) is 0 Å². The summed E-state index contributed by atoms with van der Waals surface area (Å²) < 4.78 is 2.08. The molecule has 3 rings (SSSR count). The van der Waals surface area contributed by atoms with Crippen molar-refractivity contribution in [2.24, 2.45) is 0 Å². The van der Waals surface area contributed by atoms with E-state index in [-0.39, 0.29) is 5.56 Å². The Kier molecular flexibility index (Phi) is 2.88. The number of fused-ring (bicyclic) bond motifs is 1. The lowest BCUT2D eigenvalue weighted by Gasteiger charge is -2.13. The van der Waals surface area contributed by atoms with E-state index in [1.54, 1.807) is 0 Å². The summed E-state index contributed by atoms with van der Waals surface area (Å²) in [4.78, 5) is 16.0. The van der Waals surface area contributed by atoms with Gasteiger partial charge in [0.1, 0.15) is 5.82 Å². The van der Waals surface area contributed by atoms with Crippen molar-refractivity contribution in [2.45, 2.75) is 13.5 Å². The van der Waals surface area contributed by atoms with Crippen LogP contribution in [0.15, 0.2) is 59.4 Å². The van der Waals surface area contributed by atoms with Gasteiger partial charge in [0.2, 0.25) is 0 Å². The van der Waals surface area contributed by atoms with E-state index in [0.29, 0.717) is 5.39 Å². The molecule has 1 heterocycles. The number of aryl methyl sites for hydroxylation is 1. The van der Waals surface area contributed by atoms with Crippen molar-refractivity contribution in [3.8, 4) is 0 Å². The Bertz CT molecular complexity index is 776. The number of hydrogen-bond donors (Lipinski definition) is 0. The summed E-state index contributed by atoms with van der Waals surface area (Å²) in [5, 5.41) is 0.670. The number of para-hydroxylation sites is 1. The van der Waals surface area contributed by atoms with Gasteiger partial charge in [0, 0.05) is 6.54 Å². The molecule has 0 bridgehead atoms. The lowest BCUT2D eigenvalue weighted by Crippen LogP contribution is -2.17. The van der Waals surface area contributed by atoms with E-state index in [0.717, 1.165) is 17.9 Å². The standard InChI is InChI=1S/C16H14N2O/c1-12-17-16(19)14-9-5-6-10-15(14)18(12)11-13-7-3-2-4-8-13/h2-10H,11H2,1H3. The molecule has 0 fully saturated rings. The molecule has 3 nitrogen and oxygen atoms in total. The van der Waals surface area contributed by atoms with Gasteiger partial charge in [-0.1, -0.05) is 42.5 Å². The molecular formula is C16H14N2O. The van der Waals surface area contributed by atoms with E-state index in [1.165, 1.54) is 5.56 Å². The third-order valence-corrected chi connectivity index (χ3v) is 3.26. The second-order valence-electron chi connectivity index (χ2n) is 4.55. The highest BCUT2D eigenvalue weighted by atomic mass is 16.1. The van der Waals surface area contributed by atoms with Crippen LogP contribution in [0.1, 0.15) is 11.4 Å². The number of benzene rings is 2. The molecule has 0 aliphatic rings. The van der Waals surface area contributed by atoms with E-state index >= 15 is 0 Å². The van der Waals surface area contributed by atoms with Crippen LogP contribution < -0.4 is 5.56 Å². The van der Waals surface area contributed by atoms with Crippen molar-refractivity contribution in [3.63, 3.8) is 0 Å². The summed E-state index contributed by atoms with van der Waals surface area (Å²) in [5.74, 6) is 0.743. The minimum absolute atomic E-state index is 0.155. The molecule has 94 valence electrons. The lowest BCUT2D eigenvalue weighted by atomic mass is 10.2. The topological polar surface area (TPSA) is 34.9 Å². The fourth-order valence-electron chi connectivity index (χ4n) is 2.30. The van der Waals surface area contributed by atoms with Gasteiger partial charge < -0.3 is 4.57 Å². The molecule has 0 saturated carbocycles. The Labute approximate surface area is 111 Å². The molecule has 0 saturated heterocycles. The molecule has 3 heteroatoms. The van der Waals surface area contributed by atoms with Crippen LogP contribution in [0, 0.1) is 6.92 Å². The van der Waals surface area contributed by atoms with Gasteiger partial charge in [-0.25, -0.2) is 0 Å². The smallest absolute Gasteiger partial charge is 0.280 e. The van der Waals surface area contributed by atoms with Crippen LogP contribution >= 0.6 is 0 Å². The minimum Gasteiger partial charge on any atom is -0.325 e. The van der Waals surface area contributed by atoms with Crippen LogP contribution in [0.5, 0.6) is 0 Å². The highest BCUT2D eigenvalue weighted by Gasteiger charge is 2.07. The summed E-state index contributed by atoms with van der Waals surface area (Å²) in [6.45, 7) is 2.59. The molecule has 0 amide bonds. The maximum Gasteiger partial charge on any atom is 0.280 e. The van der Waals surface area contributed by atoms with Gasteiger partial charge in [0.05, 0.1) is 10.9 Å². The molecule has 0 atom stereocenters. The normalized spacial score (nSPS) is 10.8.